The van der Waals surface area contributed by atoms with Crippen LogP contribution in [0.15, 0.2) is 4.52 Å². The molecule has 0 unspecified atom stereocenters. The summed E-state index contributed by atoms with van der Waals surface area (Å²) in [6, 6.07) is 0. The summed E-state index contributed by atoms with van der Waals surface area (Å²) >= 11 is 3.22. The summed E-state index contributed by atoms with van der Waals surface area (Å²) in [5.74, 6) is 1.76. The zero-order chi connectivity index (χ0) is 7.56. The van der Waals surface area contributed by atoms with Crippen LogP contribution in [0.4, 0.5) is 0 Å². The molecule has 10 heavy (non-hydrogen) atoms. The average Bonchev–Trinajstić information content (AvgIpc) is 2.34. The lowest BCUT2D eigenvalue weighted by atomic mass is 10.2. The number of aromatic nitrogens is 2. The van der Waals surface area contributed by atoms with Crippen LogP contribution in [0.3, 0.4) is 0 Å². The van der Waals surface area contributed by atoms with E-state index in [0.29, 0.717) is 17.1 Å². The van der Waals surface area contributed by atoms with Gasteiger partial charge in [0.05, 0.1) is 5.33 Å². The van der Waals surface area contributed by atoms with Crippen molar-refractivity contribution in [3.8, 4) is 0 Å². The summed E-state index contributed by atoms with van der Waals surface area (Å²) in [7, 11) is 0. The molecule has 1 aromatic rings. The SMILES string of the molecule is CC(C)c1noc(CBr)n1. The molecule has 0 atom stereocenters. The minimum absolute atomic E-state index is 0.344. The van der Waals surface area contributed by atoms with Crippen LogP contribution in [0.2, 0.25) is 0 Å². The molecule has 4 heteroatoms. The summed E-state index contributed by atoms with van der Waals surface area (Å²) in [6.07, 6.45) is 0. The Hall–Kier alpha value is -0.380. The lowest BCUT2D eigenvalue weighted by Gasteiger charge is -1.91. The lowest BCUT2D eigenvalue weighted by molar-refractivity contribution is 0.383. The van der Waals surface area contributed by atoms with Gasteiger partial charge in [-0.2, -0.15) is 4.98 Å². The number of hydrogen-bond donors (Lipinski definition) is 0. The van der Waals surface area contributed by atoms with Gasteiger partial charge < -0.3 is 4.52 Å². The second-order valence-electron chi connectivity index (χ2n) is 2.33. The molecule has 0 aliphatic rings. The second-order valence-corrected chi connectivity index (χ2v) is 2.90. The zero-order valence-corrected chi connectivity index (χ0v) is 7.55. The number of hydrogen-bond acceptors (Lipinski definition) is 3. The standard InChI is InChI=1S/C6H9BrN2O/c1-4(2)6-8-5(3-7)10-9-6/h4H,3H2,1-2H3. The van der Waals surface area contributed by atoms with Gasteiger partial charge >= 0.3 is 0 Å². The first-order valence-electron chi connectivity index (χ1n) is 3.12. The molecule has 0 spiro atoms. The molecule has 3 nitrogen and oxygen atoms in total. The molecule has 0 aliphatic heterocycles. The molecule has 1 heterocycles. The smallest absolute Gasteiger partial charge is 0.237 e. The normalized spacial score (nSPS) is 10.8. The molecule has 0 radical (unpaired) electrons. The number of alkyl halides is 1. The topological polar surface area (TPSA) is 38.9 Å². The van der Waals surface area contributed by atoms with Crippen LogP contribution in [0, 0.1) is 0 Å². The van der Waals surface area contributed by atoms with E-state index in [1.54, 1.807) is 0 Å². The third-order valence-electron chi connectivity index (χ3n) is 1.11. The third kappa shape index (κ3) is 1.56. The predicted octanol–water partition coefficient (Wildman–Crippen LogP) is 2.09. The highest BCUT2D eigenvalue weighted by Gasteiger charge is 2.07. The monoisotopic (exact) mass is 204 g/mol. The van der Waals surface area contributed by atoms with Crippen LogP contribution >= 0.6 is 15.9 Å². The van der Waals surface area contributed by atoms with Gasteiger partial charge in [-0.25, -0.2) is 0 Å². The van der Waals surface area contributed by atoms with E-state index in [1.807, 2.05) is 13.8 Å². The quantitative estimate of drug-likeness (QED) is 0.694. The van der Waals surface area contributed by atoms with Crippen molar-refractivity contribution < 1.29 is 4.52 Å². The summed E-state index contributed by atoms with van der Waals surface area (Å²) < 4.78 is 4.87. The van der Waals surface area contributed by atoms with E-state index >= 15 is 0 Å². The Morgan fingerprint density at radius 2 is 2.30 bits per heavy atom. The molecule has 56 valence electrons. The zero-order valence-electron chi connectivity index (χ0n) is 5.97. The fourth-order valence-corrected chi connectivity index (χ4v) is 0.785. The van der Waals surface area contributed by atoms with E-state index in [-0.39, 0.29) is 0 Å². The average molecular weight is 205 g/mol. The highest BCUT2D eigenvalue weighted by Crippen LogP contribution is 2.10. The maximum absolute atomic E-state index is 4.87. The highest BCUT2D eigenvalue weighted by molar-refractivity contribution is 9.08. The van der Waals surface area contributed by atoms with Crippen molar-refractivity contribution in [1.29, 1.82) is 0 Å². The fourth-order valence-electron chi connectivity index (χ4n) is 0.557. The highest BCUT2D eigenvalue weighted by atomic mass is 79.9. The van der Waals surface area contributed by atoms with E-state index < -0.39 is 0 Å². The number of nitrogens with zero attached hydrogens (tertiary/aromatic N) is 2. The maximum Gasteiger partial charge on any atom is 0.237 e. The van der Waals surface area contributed by atoms with Gasteiger partial charge in [-0.05, 0) is 0 Å². The third-order valence-corrected chi connectivity index (χ3v) is 1.59. The molecular formula is C6H9BrN2O. The first-order chi connectivity index (χ1) is 4.74. The van der Waals surface area contributed by atoms with Crippen molar-refractivity contribution in [2.45, 2.75) is 25.1 Å². The van der Waals surface area contributed by atoms with Crippen molar-refractivity contribution in [1.82, 2.24) is 10.1 Å². The molecule has 0 aromatic carbocycles. The van der Waals surface area contributed by atoms with E-state index in [1.165, 1.54) is 0 Å². The van der Waals surface area contributed by atoms with Crippen LogP contribution in [0.1, 0.15) is 31.5 Å². The van der Waals surface area contributed by atoms with Gasteiger partial charge in [0.2, 0.25) is 5.89 Å². The van der Waals surface area contributed by atoms with Gasteiger partial charge in [-0.3, -0.25) is 0 Å². The molecule has 0 amide bonds. The fraction of sp³-hybridized carbons (Fsp3) is 0.667. The Balaban J connectivity index is 2.78. The Kier molecular flexibility index (Phi) is 2.43. The molecule has 0 N–H and O–H groups in total. The molecule has 0 aliphatic carbocycles. The van der Waals surface area contributed by atoms with Gasteiger partial charge in [0, 0.05) is 5.92 Å². The predicted molar refractivity (Wildman–Crippen MR) is 41.0 cm³/mol. The van der Waals surface area contributed by atoms with Crippen molar-refractivity contribution in [2.75, 3.05) is 0 Å². The van der Waals surface area contributed by atoms with Gasteiger partial charge in [-0.1, -0.05) is 34.9 Å². The Bertz CT molecular complexity index is 209. The van der Waals surface area contributed by atoms with E-state index in [0.717, 1.165) is 5.82 Å². The van der Waals surface area contributed by atoms with Gasteiger partial charge in [-0.15, -0.1) is 0 Å². The van der Waals surface area contributed by atoms with E-state index in [4.69, 9.17) is 4.52 Å². The maximum atomic E-state index is 4.87. The van der Waals surface area contributed by atoms with Crippen molar-refractivity contribution in [3.63, 3.8) is 0 Å². The van der Waals surface area contributed by atoms with Crippen LogP contribution in [0.25, 0.3) is 0 Å². The van der Waals surface area contributed by atoms with Gasteiger partial charge in [0.25, 0.3) is 0 Å². The Labute approximate surface area is 67.9 Å². The first kappa shape index (κ1) is 7.72. The summed E-state index contributed by atoms with van der Waals surface area (Å²) in [6.45, 7) is 4.06. The molecule has 0 fully saturated rings. The molecule has 1 rings (SSSR count). The number of halogens is 1. The molecular weight excluding hydrogens is 196 g/mol. The Morgan fingerprint density at radius 3 is 2.60 bits per heavy atom. The summed E-state index contributed by atoms with van der Waals surface area (Å²) in [5, 5.41) is 4.40. The number of rotatable bonds is 2. The van der Waals surface area contributed by atoms with Crippen LogP contribution in [-0.2, 0) is 5.33 Å². The minimum atomic E-state index is 0.344. The van der Waals surface area contributed by atoms with Crippen LogP contribution in [0.5, 0.6) is 0 Å². The van der Waals surface area contributed by atoms with Crippen LogP contribution < -0.4 is 0 Å². The minimum Gasteiger partial charge on any atom is -0.338 e. The van der Waals surface area contributed by atoms with Gasteiger partial charge in [0.15, 0.2) is 5.82 Å². The molecule has 0 bridgehead atoms. The van der Waals surface area contributed by atoms with Gasteiger partial charge in [0.1, 0.15) is 0 Å². The first-order valence-corrected chi connectivity index (χ1v) is 4.24. The summed E-state index contributed by atoms with van der Waals surface area (Å²) in [4.78, 5) is 4.10. The lowest BCUT2D eigenvalue weighted by Crippen LogP contribution is -1.89. The molecule has 0 saturated heterocycles. The largest absolute Gasteiger partial charge is 0.338 e. The van der Waals surface area contributed by atoms with Crippen molar-refractivity contribution in [3.05, 3.63) is 11.7 Å². The van der Waals surface area contributed by atoms with Crippen molar-refractivity contribution >= 4 is 15.9 Å². The summed E-state index contributed by atoms with van der Waals surface area (Å²) in [5.41, 5.74) is 0. The second kappa shape index (κ2) is 3.14. The Morgan fingerprint density at radius 1 is 1.60 bits per heavy atom. The molecule has 1 aromatic heterocycles. The van der Waals surface area contributed by atoms with E-state index in [2.05, 4.69) is 26.1 Å². The molecule has 0 saturated carbocycles. The van der Waals surface area contributed by atoms with E-state index in [9.17, 15) is 0 Å². The van der Waals surface area contributed by atoms with Crippen molar-refractivity contribution in [2.24, 2.45) is 0 Å². The van der Waals surface area contributed by atoms with Crippen LogP contribution in [-0.4, -0.2) is 10.1 Å².